The molecule has 0 aromatic heterocycles. The van der Waals surface area contributed by atoms with Crippen molar-refractivity contribution < 1.29 is 13.2 Å². The highest BCUT2D eigenvalue weighted by Crippen LogP contribution is 2.18. The van der Waals surface area contributed by atoms with Crippen LogP contribution in [0.5, 0.6) is 0 Å². The van der Waals surface area contributed by atoms with Gasteiger partial charge in [-0.25, -0.2) is 8.42 Å². The molecule has 8 nitrogen and oxygen atoms in total. The Morgan fingerprint density at radius 2 is 2.00 bits per heavy atom. The van der Waals surface area contributed by atoms with Gasteiger partial charge in [-0.1, -0.05) is 6.92 Å². The molecular formula is C18H35N5O3S. The SMILES string of the molecule is CCNC(=NCCC(=O)NC1CCS(=O)(=O)C1)NC1CN(C(C)C)CC1C. The van der Waals surface area contributed by atoms with E-state index in [-0.39, 0.29) is 29.9 Å². The van der Waals surface area contributed by atoms with Crippen molar-refractivity contribution in [2.45, 2.75) is 58.7 Å². The average Bonchev–Trinajstić information content (AvgIpc) is 3.10. The lowest BCUT2D eigenvalue weighted by Crippen LogP contribution is -2.47. The third kappa shape index (κ3) is 6.95. The van der Waals surface area contributed by atoms with Crippen molar-refractivity contribution >= 4 is 21.7 Å². The second kappa shape index (κ2) is 9.73. The molecule has 9 heteroatoms. The lowest BCUT2D eigenvalue weighted by Gasteiger charge is -2.22. The number of hydrogen-bond acceptors (Lipinski definition) is 5. The monoisotopic (exact) mass is 401 g/mol. The van der Waals surface area contributed by atoms with Crippen LogP contribution in [0.4, 0.5) is 0 Å². The molecule has 0 spiro atoms. The first kappa shape index (κ1) is 21.9. The summed E-state index contributed by atoms with van der Waals surface area (Å²) in [6.45, 7) is 11.9. The van der Waals surface area contributed by atoms with E-state index >= 15 is 0 Å². The number of nitrogens with zero attached hydrogens (tertiary/aromatic N) is 2. The maximum atomic E-state index is 12.0. The van der Waals surface area contributed by atoms with E-state index in [9.17, 15) is 13.2 Å². The van der Waals surface area contributed by atoms with Gasteiger partial charge in [-0.3, -0.25) is 14.7 Å². The summed E-state index contributed by atoms with van der Waals surface area (Å²) in [5, 5.41) is 9.54. The zero-order chi connectivity index (χ0) is 20.0. The van der Waals surface area contributed by atoms with Crippen molar-refractivity contribution in [3.05, 3.63) is 0 Å². The molecule has 27 heavy (non-hydrogen) atoms. The van der Waals surface area contributed by atoms with Crippen molar-refractivity contribution in [3.63, 3.8) is 0 Å². The van der Waals surface area contributed by atoms with Crippen LogP contribution < -0.4 is 16.0 Å². The van der Waals surface area contributed by atoms with E-state index in [0.717, 1.165) is 25.6 Å². The second-order valence-electron chi connectivity index (χ2n) is 7.95. The van der Waals surface area contributed by atoms with Crippen LogP contribution in [0.15, 0.2) is 4.99 Å². The largest absolute Gasteiger partial charge is 0.357 e. The number of amides is 1. The van der Waals surface area contributed by atoms with Gasteiger partial charge in [-0.05, 0) is 33.1 Å². The third-order valence-corrected chi connectivity index (χ3v) is 7.01. The summed E-state index contributed by atoms with van der Waals surface area (Å²) in [7, 11) is -2.98. The normalized spacial score (nSPS) is 28.5. The smallest absolute Gasteiger partial charge is 0.222 e. The highest BCUT2D eigenvalue weighted by Gasteiger charge is 2.31. The number of carbonyl (C=O) groups is 1. The molecule has 2 heterocycles. The minimum atomic E-state index is -2.98. The molecule has 3 atom stereocenters. The number of rotatable bonds is 7. The Bertz CT molecular complexity index is 635. The fourth-order valence-electron chi connectivity index (χ4n) is 3.59. The molecule has 1 amide bonds. The highest BCUT2D eigenvalue weighted by molar-refractivity contribution is 7.91. The van der Waals surface area contributed by atoms with Gasteiger partial charge in [-0.15, -0.1) is 0 Å². The van der Waals surface area contributed by atoms with Gasteiger partial charge >= 0.3 is 0 Å². The van der Waals surface area contributed by atoms with Crippen molar-refractivity contribution in [1.29, 1.82) is 0 Å². The van der Waals surface area contributed by atoms with Gasteiger partial charge in [0.2, 0.25) is 5.91 Å². The summed E-state index contributed by atoms with van der Waals surface area (Å²) in [6.07, 6.45) is 0.763. The Morgan fingerprint density at radius 1 is 1.26 bits per heavy atom. The van der Waals surface area contributed by atoms with E-state index in [1.54, 1.807) is 0 Å². The van der Waals surface area contributed by atoms with Crippen LogP contribution in [0.1, 0.15) is 40.5 Å². The molecule has 2 aliphatic rings. The van der Waals surface area contributed by atoms with E-state index in [1.165, 1.54) is 0 Å². The first-order chi connectivity index (χ1) is 12.7. The number of nitrogens with one attached hydrogen (secondary N) is 3. The van der Waals surface area contributed by atoms with E-state index in [1.807, 2.05) is 6.92 Å². The van der Waals surface area contributed by atoms with Gasteiger partial charge in [0, 0.05) is 44.2 Å². The molecule has 0 aromatic rings. The number of likely N-dealkylation sites (tertiary alicyclic amines) is 1. The topological polar surface area (TPSA) is 103 Å². The summed E-state index contributed by atoms with van der Waals surface area (Å²) in [4.78, 5) is 19.0. The third-order valence-electron chi connectivity index (χ3n) is 5.24. The predicted molar refractivity (Wildman–Crippen MR) is 109 cm³/mol. The Labute approximate surface area is 163 Å². The standard InChI is InChI=1S/C18H35N5O3S/c1-5-19-18(22-16-11-23(13(2)3)10-14(16)4)20-8-6-17(24)21-15-7-9-27(25,26)12-15/h13-16H,5-12H2,1-4H3,(H,21,24)(H2,19,20,22). The zero-order valence-corrected chi connectivity index (χ0v) is 17.8. The summed E-state index contributed by atoms with van der Waals surface area (Å²) >= 11 is 0. The van der Waals surface area contributed by atoms with Crippen LogP contribution in [0.2, 0.25) is 0 Å². The van der Waals surface area contributed by atoms with Crippen LogP contribution in [-0.2, 0) is 14.6 Å². The molecular weight excluding hydrogens is 366 g/mol. The number of guanidine groups is 1. The van der Waals surface area contributed by atoms with E-state index in [4.69, 9.17) is 0 Å². The van der Waals surface area contributed by atoms with Crippen molar-refractivity contribution in [1.82, 2.24) is 20.9 Å². The maximum absolute atomic E-state index is 12.0. The van der Waals surface area contributed by atoms with Gasteiger partial charge in [0.1, 0.15) is 0 Å². The van der Waals surface area contributed by atoms with Crippen molar-refractivity contribution in [3.8, 4) is 0 Å². The molecule has 2 aliphatic heterocycles. The number of aliphatic imine (C=N–C) groups is 1. The van der Waals surface area contributed by atoms with Gasteiger partial charge < -0.3 is 16.0 Å². The van der Waals surface area contributed by atoms with Crippen molar-refractivity contribution in [2.75, 3.05) is 37.7 Å². The molecule has 156 valence electrons. The van der Waals surface area contributed by atoms with Crippen molar-refractivity contribution in [2.24, 2.45) is 10.9 Å². The fraction of sp³-hybridized carbons (Fsp3) is 0.889. The minimum Gasteiger partial charge on any atom is -0.357 e. The summed E-state index contributed by atoms with van der Waals surface area (Å²) in [6, 6.07) is 0.615. The lowest BCUT2D eigenvalue weighted by molar-refractivity contribution is -0.121. The Kier molecular flexibility index (Phi) is 7.91. The Morgan fingerprint density at radius 3 is 2.56 bits per heavy atom. The lowest BCUT2D eigenvalue weighted by atomic mass is 10.1. The second-order valence-corrected chi connectivity index (χ2v) is 10.2. The quantitative estimate of drug-likeness (QED) is 0.409. The van der Waals surface area contributed by atoms with Gasteiger partial charge in [0.25, 0.3) is 0 Å². The zero-order valence-electron chi connectivity index (χ0n) is 17.0. The summed E-state index contributed by atoms with van der Waals surface area (Å²) in [5.41, 5.74) is 0. The molecule has 2 fully saturated rings. The number of carbonyl (C=O) groups excluding carboxylic acids is 1. The molecule has 0 saturated carbocycles. The summed E-state index contributed by atoms with van der Waals surface area (Å²) in [5.74, 6) is 1.34. The molecule has 3 unspecified atom stereocenters. The van der Waals surface area contributed by atoms with Crippen LogP contribution >= 0.6 is 0 Å². The van der Waals surface area contributed by atoms with Crippen LogP contribution in [-0.4, -0.2) is 81.0 Å². The van der Waals surface area contributed by atoms with Gasteiger partial charge in [0.05, 0.1) is 18.1 Å². The van der Waals surface area contributed by atoms with E-state index in [0.29, 0.717) is 31.0 Å². The molecule has 3 N–H and O–H groups in total. The Balaban J connectivity index is 1.80. The molecule has 2 rings (SSSR count). The number of sulfone groups is 1. The molecule has 0 aliphatic carbocycles. The molecule has 0 bridgehead atoms. The minimum absolute atomic E-state index is 0.0537. The molecule has 2 saturated heterocycles. The number of hydrogen-bond donors (Lipinski definition) is 3. The fourth-order valence-corrected chi connectivity index (χ4v) is 5.26. The van der Waals surface area contributed by atoms with Crippen LogP contribution in [0.3, 0.4) is 0 Å². The van der Waals surface area contributed by atoms with E-state index < -0.39 is 9.84 Å². The van der Waals surface area contributed by atoms with Gasteiger partial charge in [-0.2, -0.15) is 0 Å². The molecule has 0 aromatic carbocycles. The summed E-state index contributed by atoms with van der Waals surface area (Å²) < 4.78 is 22.9. The van der Waals surface area contributed by atoms with Crippen LogP contribution in [0, 0.1) is 5.92 Å². The maximum Gasteiger partial charge on any atom is 0.222 e. The average molecular weight is 402 g/mol. The van der Waals surface area contributed by atoms with Crippen LogP contribution in [0.25, 0.3) is 0 Å². The highest BCUT2D eigenvalue weighted by atomic mass is 32.2. The Hall–Kier alpha value is -1.35. The first-order valence-corrected chi connectivity index (χ1v) is 11.8. The first-order valence-electron chi connectivity index (χ1n) is 9.99. The molecule has 0 radical (unpaired) electrons. The predicted octanol–water partition coefficient (Wildman–Crippen LogP) is -0.0364. The van der Waals surface area contributed by atoms with E-state index in [2.05, 4.69) is 46.6 Å². The van der Waals surface area contributed by atoms with Gasteiger partial charge in [0.15, 0.2) is 15.8 Å².